The fourth-order valence-electron chi connectivity index (χ4n) is 2.37. The number of aromatic nitrogens is 2. The monoisotopic (exact) mass is 449 g/mol. The van der Waals surface area contributed by atoms with Crippen molar-refractivity contribution < 1.29 is 26.4 Å². The van der Waals surface area contributed by atoms with Gasteiger partial charge in [0.15, 0.2) is 0 Å². The molecule has 0 aliphatic heterocycles. The molecular formula is C16H15ClF3N5O3S. The van der Waals surface area contributed by atoms with Crippen LogP contribution in [0.2, 0.25) is 5.02 Å². The summed E-state index contributed by atoms with van der Waals surface area (Å²) in [5.74, 6) is -0.822. The molecule has 1 atom stereocenters. The maximum absolute atomic E-state index is 12.7. The molecule has 0 saturated heterocycles. The van der Waals surface area contributed by atoms with E-state index in [0.717, 1.165) is 10.8 Å². The predicted molar refractivity (Wildman–Crippen MR) is 97.9 cm³/mol. The van der Waals surface area contributed by atoms with E-state index in [4.69, 9.17) is 16.9 Å². The summed E-state index contributed by atoms with van der Waals surface area (Å²) in [6.45, 7) is 2.24. The Morgan fingerprint density at radius 3 is 2.55 bits per heavy atom. The molecule has 2 rings (SSSR count). The second kappa shape index (κ2) is 8.02. The van der Waals surface area contributed by atoms with Gasteiger partial charge in [-0.05, 0) is 26.0 Å². The molecule has 2 aromatic rings. The highest BCUT2D eigenvalue weighted by atomic mass is 35.5. The first kappa shape index (κ1) is 22.7. The van der Waals surface area contributed by atoms with Gasteiger partial charge in [0, 0.05) is 24.6 Å². The number of nitrogens with zero attached hydrogens (tertiary/aromatic N) is 3. The van der Waals surface area contributed by atoms with Gasteiger partial charge in [0.2, 0.25) is 10.0 Å². The molecule has 0 aliphatic carbocycles. The summed E-state index contributed by atoms with van der Waals surface area (Å²) in [5.41, 5.74) is 0.419. The van der Waals surface area contributed by atoms with Gasteiger partial charge in [0.1, 0.15) is 28.4 Å². The van der Waals surface area contributed by atoms with Gasteiger partial charge >= 0.3 is 6.18 Å². The van der Waals surface area contributed by atoms with Crippen LogP contribution in [0, 0.1) is 18.3 Å². The van der Waals surface area contributed by atoms with Crippen molar-refractivity contribution in [2.45, 2.75) is 31.0 Å². The quantitative estimate of drug-likeness (QED) is 0.727. The number of pyridine rings is 1. The molecular weight excluding hydrogens is 435 g/mol. The fourth-order valence-corrected chi connectivity index (χ4v) is 4.30. The van der Waals surface area contributed by atoms with Crippen molar-refractivity contribution in [2.75, 3.05) is 5.32 Å². The van der Waals surface area contributed by atoms with Crippen LogP contribution in [0.5, 0.6) is 0 Å². The van der Waals surface area contributed by atoms with Crippen LogP contribution in [0.15, 0.2) is 23.2 Å². The standard InChI is InChI=1S/C16H15ClF3N5O3S/c1-8-4-10(5-11(6-21)22-8)23-15(26)14-13(17)12(7-25(14)3)29(27,28)24-9(2)16(18,19)20/h4-5,7,9,24H,1-3H3,(H,22,23,26)/t9-/m1/s1. The van der Waals surface area contributed by atoms with Gasteiger partial charge < -0.3 is 9.88 Å². The Kier molecular flexibility index (Phi) is 6.27. The van der Waals surface area contributed by atoms with Gasteiger partial charge in [-0.15, -0.1) is 0 Å². The van der Waals surface area contributed by atoms with E-state index in [1.807, 2.05) is 6.07 Å². The van der Waals surface area contributed by atoms with Crippen LogP contribution in [-0.4, -0.2) is 36.1 Å². The zero-order valence-corrected chi connectivity index (χ0v) is 16.9. The van der Waals surface area contributed by atoms with Crippen molar-refractivity contribution in [2.24, 2.45) is 7.05 Å². The van der Waals surface area contributed by atoms with Crippen LogP contribution in [0.1, 0.15) is 28.8 Å². The number of carbonyl (C=O) groups is 1. The summed E-state index contributed by atoms with van der Waals surface area (Å²) < 4.78 is 65.2. The highest BCUT2D eigenvalue weighted by molar-refractivity contribution is 7.89. The molecule has 0 saturated carbocycles. The third-order valence-corrected chi connectivity index (χ3v) is 5.79. The SMILES string of the molecule is Cc1cc(NC(=O)c2c(Cl)c(S(=O)(=O)N[C@H](C)C(F)(F)F)cn2C)cc(C#N)n1. The molecule has 0 bridgehead atoms. The van der Waals surface area contributed by atoms with Crippen LogP contribution < -0.4 is 10.0 Å². The van der Waals surface area contributed by atoms with Gasteiger partial charge in [-0.25, -0.2) is 13.4 Å². The summed E-state index contributed by atoms with van der Waals surface area (Å²) in [6.07, 6.45) is -3.87. The number of amides is 1. The number of aryl methyl sites for hydroxylation is 2. The molecule has 0 radical (unpaired) electrons. The van der Waals surface area contributed by atoms with Crippen LogP contribution in [0.25, 0.3) is 0 Å². The summed E-state index contributed by atoms with van der Waals surface area (Å²) >= 11 is 6.02. The fraction of sp³-hybridized carbons (Fsp3) is 0.312. The number of anilines is 1. The Morgan fingerprint density at radius 2 is 2.00 bits per heavy atom. The van der Waals surface area contributed by atoms with Crippen molar-refractivity contribution in [1.29, 1.82) is 5.26 Å². The molecule has 0 unspecified atom stereocenters. The number of carbonyl (C=O) groups excluding carboxylic acids is 1. The second-order valence-corrected chi connectivity index (χ2v) is 8.16. The summed E-state index contributed by atoms with van der Waals surface area (Å²) in [4.78, 5) is 15.8. The Hall–Kier alpha value is -2.62. The molecule has 29 heavy (non-hydrogen) atoms. The molecule has 0 aromatic carbocycles. The topological polar surface area (TPSA) is 117 Å². The first-order valence-corrected chi connectivity index (χ1v) is 9.76. The van der Waals surface area contributed by atoms with E-state index in [1.165, 1.54) is 23.9 Å². The summed E-state index contributed by atoms with van der Waals surface area (Å²) in [5, 5.41) is 10.9. The van der Waals surface area contributed by atoms with Gasteiger partial charge in [-0.3, -0.25) is 4.79 Å². The third kappa shape index (κ3) is 5.06. The number of nitriles is 1. The number of sulfonamides is 1. The zero-order valence-electron chi connectivity index (χ0n) is 15.3. The molecule has 2 N–H and O–H groups in total. The maximum atomic E-state index is 12.7. The molecule has 2 aromatic heterocycles. The van der Waals surface area contributed by atoms with Gasteiger partial charge in [0.05, 0.1) is 5.02 Å². The zero-order chi connectivity index (χ0) is 22.1. The van der Waals surface area contributed by atoms with Crippen molar-refractivity contribution in [3.05, 3.63) is 40.4 Å². The number of rotatable bonds is 5. The lowest BCUT2D eigenvalue weighted by atomic mass is 10.2. The minimum absolute atomic E-state index is 0.0480. The van der Waals surface area contributed by atoms with Crippen molar-refractivity contribution in [3.63, 3.8) is 0 Å². The number of halogens is 4. The molecule has 2 heterocycles. The molecule has 156 valence electrons. The lowest BCUT2D eigenvalue weighted by Gasteiger charge is -2.16. The van der Waals surface area contributed by atoms with E-state index in [1.54, 1.807) is 6.92 Å². The minimum Gasteiger partial charge on any atom is -0.344 e. The van der Waals surface area contributed by atoms with Crippen molar-refractivity contribution in [3.8, 4) is 6.07 Å². The lowest BCUT2D eigenvalue weighted by Crippen LogP contribution is -2.42. The van der Waals surface area contributed by atoms with Crippen molar-refractivity contribution in [1.82, 2.24) is 14.3 Å². The smallest absolute Gasteiger partial charge is 0.344 e. The molecule has 0 aliphatic rings. The Balaban J connectivity index is 2.37. The second-order valence-electron chi connectivity index (χ2n) is 6.10. The largest absolute Gasteiger partial charge is 0.404 e. The van der Waals surface area contributed by atoms with Crippen LogP contribution in [-0.2, 0) is 17.1 Å². The number of nitrogens with one attached hydrogen (secondary N) is 2. The van der Waals surface area contributed by atoms with Crippen molar-refractivity contribution >= 4 is 33.2 Å². The number of hydrogen-bond donors (Lipinski definition) is 2. The van der Waals surface area contributed by atoms with Gasteiger partial charge in [-0.2, -0.15) is 23.2 Å². The highest BCUT2D eigenvalue weighted by Gasteiger charge is 2.40. The lowest BCUT2D eigenvalue weighted by molar-refractivity contribution is -0.147. The predicted octanol–water partition coefficient (Wildman–Crippen LogP) is 2.74. The third-order valence-electron chi connectivity index (χ3n) is 3.74. The highest BCUT2D eigenvalue weighted by Crippen LogP contribution is 2.29. The Bertz CT molecular complexity index is 1110. The van der Waals surface area contributed by atoms with E-state index in [0.29, 0.717) is 12.6 Å². The van der Waals surface area contributed by atoms with Gasteiger partial charge in [0.25, 0.3) is 5.91 Å². The van der Waals surface area contributed by atoms with Crippen LogP contribution in [0.3, 0.4) is 0 Å². The molecule has 0 fully saturated rings. The van der Waals surface area contributed by atoms with Crippen LogP contribution >= 0.6 is 11.6 Å². The first-order valence-electron chi connectivity index (χ1n) is 7.90. The van der Waals surface area contributed by atoms with E-state index in [2.05, 4.69) is 10.3 Å². The normalized spacial score (nSPS) is 13.0. The Labute approximate surface area is 169 Å². The number of alkyl halides is 3. The average molecular weight is 450 g/mol. The van der Waals surface area contributed by atoms with Gasteiger partial charge in [-0.1, -0.05) is 11.6 Å². The van der Waals surface area contributed by atoms with E-state index in [9.17, 15) is 26.4 Å². The van der Waals surface area contributed by atoms with E-state index in [-0.39, 0.29) is 17.1 Å². The minimum atomic E-state index is -4.80. The van der Waals surface area contributed by atoms with E-state index < -0.39 is 38.1 Å². The van der Waals surface area contributed by atoms with E-state index >= 15 is 0 Å². The first-order chi connectivity index (χ1) is 13.3. The molecule has 8 nitrogen and oxygen atoms in total. The Morgan fingerprint density at radius 1 is 1.38 bits per heavy atom. The summed E-state index contributed by atoms with van der Waals surface area (Å²) in [6, 6.07) is 2.24. The molecule has 0 spiro atoms. The maximum Gasteiger partial charge on any atom is 0.404 e. The van der Waals surface area contributed by atoms with Crippen LogP contribution in [0.4, 0.5) is 18.9 Å². The average Bonchev–Trinajstić information content (AvgIpc) is 2.88. The summed E-state index contributed by atoms with van der Waals surface area (Å²) in [7, 11) is -3.34. The molecule has 13 heteroatoms. The number of hydrogen-bond acceptors (Lipinski definition) is 5. The molecule has 1 amide bonds.